The Bertz CT molecular complexity index is 943. The number of sulfone groups is 1. The minimum Gasteiger partial charge on any atom is -0.444 e. The van der Waals surface area contributed by atoms with E-state index in [4.69, 9.17) is 9.72 Å². The molecule has 1 unspecified atom stereocenters. The molecule has 1 fully saturated rings. The molecule has 1 aliphatic rings. The number of rotatable bonds is 3. The number of ether oxygens (including phenoxy) is 1. The maximum absolute atomic E-state index is 12.6. The maximum Gasteiger partial charge on any atom is 0.410 e. The zero-order chi connectivity index (χ0) is 20.5. The third-order valence-corrected chi connectivity index (χ3v) is 6.59. The van der Waals surface area contributed by atoms with Crippen molar-refractivity contribution in [2.24, 2.45) is 0 Å². The summed E-state index contributed by atoms with van der Waals surface area (Å²) < 4.78 is 28.8. The summed E-state index contributed by atoms with van der Waals surface area (Å²) in [6.07, 6.45) is 3.76. The van der Waals surface area contributed by atoms with E-state index in [9.17, 15) is 13.2 Å². The van der Waals surface area contributed by atoms with Crippen molar-refractivity contribution in [3.8, 4) is 11.3 Å². The summed E-state index contributed by atoms with van der Waals surface area (Å²) in [5.41, 5.74) is 1.11. The van der Waals surface area contributed by atoms with E-state index in [0.29, 0.717) is 6.54 Å². The minimum atomic E-state index is -3.22. The van der Waals surface area contributed by atoms with Crippen LogP contribution in [0.2, 0.25) is 0 Å². The van der Waals surface area contributed by atoms with Crippen molar-refractivity contribution in [3.63, 3.8) is 0 Å². The van der Waals surface area contributed by atoms with Gasteiger partial charge < -0.3 is 4.74 Å². The van der Waals surface area contributed by atoms with E-state index in [1.807, 2.05) is 26.2 Å². The van der Waals surface area contributed by atoms with E-state index < -0.39 is 15.4 Å². The summed E-state index contributed by atoms with van der Waals surface area (Å²) in [7, 11) is -3.22. The fraction of sp³-hybridized carbons (Fsp3) is 0.500. The molecule has 28 heavy (non-hydrogen) atoms. The van der Waals surface area contributed by atoms with Gasteiger partial charge in [-0.3, -0.25) is 4.90 Å². The Balaban J connectivity index is 1.82. The van der Waals surface area contributed by atoms with Gasteiger partial charge in [-0.05, 0) is 52.2 Å². The van der Waals surface area contributed by atoms with Gasteiger partial charge in [0.1, 0.15) is 10.6 Å². The lowest BCUT2D eigenvalue weighted by atomic mass is 10.0. The van der Waals surface area contributed by atoms with Gasteiger partial charge in [0.2, 0.25) is 0 Å². The number of thiazole rings is 1. The molecule has 1 aliphatic heterocycles. The maximum atomic E-state index is 12.6. The summed E-state index contributed by atoms with van der Waals surface area (Å²) in [6, 6.07) is 6.63. The Kier molecular flexibility index (Phi) is 5.82. The summed E-state index contributed by atoms with van der Waals surface area (Å²) >= 11 is 1.52. The fourth-order valence-electron chi connectivity index (χ4n) is 3.17. The number of likely N-dealkylation sites (tertiary alicyclic amines) is 1. The number of carbonyl (C=O) groups excluding carboxylic acids is 1. The van der Waals surface area contributed by atoms with Crippen LogP contribution in [0.25, 0.3) is 11.3 Å². The topological polar surface area (TPSA) is 76.6 Å². The number of benzene rings is 1. The molecule has 8 heteroatoms. The van der Waals surface area contributed by atoms with E-state index in [1.165, 1.54) is 17.6 Å². The van der Waals surface area contributed by atoms with E-state index in [0.717, 1.165) is 35.5 Å². The highest BCUT2D eigenvalue weighted by atomic mass is 32.2. The molecule has 0 radical (unpaired) electrons. The molecule has 1 saturated heterocycles. The van der Waals surface area contributed by atoms with E-state index >= 15 is 0 Å². The first-order chi connectivity index (χ1) is 13.0. The Morgan fingerprint density at radius 1 is 1.21 bits per heavy atom. The number of hydrogen-bond donors (Lipinski definition) is 0. The molecule has 1 atom stereocenters. The van der Waals surface area contributed by atoms with Crippen LogP contribution < -0.4 is 0 Å². The van der Waals surface area contributed by atoms with Crippen LogP contribution in [-0.2, 0) is 14.6 Å². The summed E-state index contributed by atoms with van der Waals surface area (Å²) in [4.78, 5) is 19.4. The molecule has 1 aromatic carbocycles. The van der Waals surface area contributed by atoms with Gasteiger partial charge in [-0.1, -0.05) is 12.1 Å². The molecule has 152 valence electrons. The first-order valence-electron chi connectivity index (χ1n) is 9.30. The number of carbonyl (C=O) groups is 1. The number of aromatic nitrogens is 1. The van der Waals surface area contributed by atoms with Gasteiger partial charge in [0, 0.05) is 23.7 Å². The zero-order valence-corrected chi connectivity index (χ0v) is 18.3. The first kappa shape index (κ1) is 20.8. The number of hydrogen-bond acceptors (Lipinski definition) is 6. The molecule has 6 nitrogen and oxygen atoms in total. The SMILES string of the molecule is CC(C)(C)OC(=O)N1CCCCC1c1nc(-c2ccc(S(C)(=O)=O)cc2)cs1. The van der Waals surface area contributed by atoms with Crippen LogP contribution in [-0.4, -0.2) is 42.8 Å². The molecule has 0 N–H and O–H groups in total. The molecule has 0 spiro atoms. The largest absolute Gasteiger partial charge is 0.444 e. The van der Waals surface area contributed by atoms with Crippen molar-refractivity contribution in [3.05, 3.63) is 34.7 Å². The van der Waals surface area contributed by atoms with Crippen molar-refractivity contribution in [2.45, 2.75) is 56.6 Å². The molecular formula is C20H26N2O4S2. The predicted octanol–water partition coefficient (Wildman–Crippen LogP) is 4.68. The van der Waals surface area contributed by atoms with Gasteiger partial charge in [0.05, 0.1) is 16.6 Å². The monoisotopic (exact) mass is 422 g/mol. The fourth-order valence-corrected chi connectivity index (χ4v) is 4.78. The molecular weight excluding hydrogens is 396 g/mol. The highest BCUT2D eigenvalue weighted by Gasteiger charge is 2.33. The lowest BCUT2D eigenvalue weighted by Crippen LogP contribution is -2.41. The van der Waals surface area contributed by atoms with Crippen molar-refractivity contribution in [1.29, 1.82) is 0 Å². The number of piperidine rings is 1. The first-order valence-corrected chi connectivity index (χ1v) is 12.1. The molecule has 1 amide bonds. The smallest absolute Gasteiger partial charge is 0.410 e. The Morgan fingerprint density at radius 3 is 2.50 bits per heavy atom. The van der Waals surface area contributed by atoms with Gasteiger partial charge in [-0.25, -0.2) is 18.2 Å². The van der Waals surface area contributed by atoms with Crippen molar-refractivity contribution >= 4 is 27.3 Å². The van der Waals surface area contributed by atoms with Crippen LogP contribution in [0.1, 0.15) is 51.1 Å². The molecule has 1 aromatic heterocycles. The quantitative estimate of drug-likeness (QED) is 0.718. The van der Waals surface area contributed by atoms with E-state index in [1.54, 1.807) is 29.2 Å². The van der Waals surface area contributed by atoms with Crippen LogP contribution in [0, 0.1) is 0 Å². The van der Waals surface area contributed by atoms with E-state index in [2.05, 4.69) is 0 Å². The van der Waals surface area contributed by atoms with Crippen molar-refractivity contribution in [2.75, 3.05) is 12.8 Å². The molecule has 0 saturated carbocycles. The Morgan fingerprint density at radius 2 is 1.89 bits per heavy atom. The van der Waals surface area contributed by atoms with Crippen LogP contribution in [0.15, 0.2) is 34.5 Å². The van der Waals surface area contributed by atoms with E-state index in [-0.39, 0.29) is 17.0 Å². The standard InChI is InChI=1S/C20H26N2O4S2/c1-20(2,3)26-19(23)22-12-6-5-7-17(22)18-21-16(13-27-18)14-8-10-15(11-9-14)28(4,24)25/h8-11,13,17H,5-7,12H2,1-4H3. The summed E-state index contributed by atoms with van der Waals surface area (Å²) in [5.74, 6) is 0. The third kappa shape index (κ3) is 4.91. The van der Waals surface area contributed by atoms with Crippen LogP contribution >= 0.6 is 11.3 Å². The van der Waals surface area contributed by atoms with Crippen LogP contribution in [0.5, 0.6) is 0 Å². The average molecular weight is 423 g/mol. The molecule has 2 aromatic rings. The van der Waals surface area contributed by atoms with Crippen molar-refractivity contribution < 1.29 is 17.9 Å². The van der Waals surface area contributed by atoms with Gasteiger partial charge >= 0.3 is 6.09 Å². The van der Waals surface area contributed by atoms with Gasteiger partial charge in [0.25, 0.3) is 0 Å². The second-order valence-electron chi connectivity index (χ2n) is 8.05. The molecule has 0 aliphatic carbocycles. The lowest BCUT2D eigenvalue weighted by Gasteiger charge is -2.35. The van der Waals surface area contributed by atoms with Gasteiger partial charge in [-0.15, -0.1) is 11.3 Å². The minimum absolute atomic E-state index is 0.0855. The Labute approximate surface area is 170 Å². The van der Waals surface area contributed by atoms with Crippen LogP contribution in [0.4, 0.5) is 4.79 Å². The molecule has 2 heterocycles. The molecule has 3 rings (SSSR count). The number of nitrogens with zero attached hydrogens (tertiary/aromatic N) is 2. The predicted molar refractivity (Wildman–Crippen MR) is 110 cm³/mol. The highest BCUT2D eigenvalue weighted by molar-refractivity contribution is 7.90. The lowest BCUT2D eigenvalue weighted by molar-refractivity contribution is 0.00949. The van der Waals surface area contributed by atoms with Gasteiger partial charge in [-0.2, -0.15) is 0 Å². The van der Waals surface area contributed by atoms with Crippen molar-refractivity contribution in [1.82, 2.24) is 9.88 Å². The summed E-state index contributed by atoms with van der Waals surface area (Å²) in [6.45, 7) is 6.26. The molecule has 0 bridgehead atoms. The van der Waals surface area contributed by atoms with Gasteiger partial charge in [0.15, 0.2) is 9.84 Å². The second-order valence-corrected chi connectivity index (χ2v) is 11.0. The highest BCUT2D eigenvalue weighted by Crippen LogP contribution is 2.35. The third-order valence-electron chi connectivity index (χ3n) is 4.52. The number of amides is 1. The zero-order valence-electron chi connectivity index (χ0n) is 16.6. The van der Waals surface area contributed by atoms with Crippen LogP contribution in [0.3, 0.4) is 0 Å². The summed E-state index contributed by atoms with van der Waals surface area (Å²) in [5, 5.41) is 2.83. The average Bonchev–Trinajstić information content (AvgIpc) is 3.09. The second kappa shape index (κ2) is 7.83. The Hall–Kier alpha value is -1.93. The normalized spacial score (nSPS) is 18.1.